The van der Waals surface area contributed by atoms with E-state index in [-0.39, 0.29) is 5.41 Å². The Balaban J connectivity index is 1.55. The lowest BCUT2D eigenvalue weighted by Crippen LogP contribution is -2.44. The fraction of sp³-hybridized carbons (Fsp3) is 0.682. The van der Waals surface area contributed by atoms with Gasteiger partial charge < -0.3 is 15.0 Å². The Morgan fingerprint density at radius 1 is 1.22 bits per heavy atom. The lowest BCUT2D eigenvalue weighted by Gasteiger charge is -2.39. The molecule has 0 amide bonds. The number of hydrogen-bond donors (Lipinski definition) is 1. The minimum Gasteiger partial charge on any atom is -0.381 e. The molecule has 3 fully saturated rings. The molecule has 2 heterocycles. The smallest absolute Gasteiger partial charge is 0.193 e. The van der Waals surface area contributed by atoms with E-state index in [1.54, 1.807) is 0 Å². The van der Waals surface area contributed by atoms with E-state index in [1.807, 2.05) is 6.07 Å². The number of nitrogens with one attached hydrogen (secondary N) is 1. The highest BCUT2D eigenvalue weighted by Crippen LogP contribution is 2.48. The standard InChI is InChI=1S/C22H32ClN3O/c1-2-24-20(26-12-9-21(17-26)7-4-8-21)25-16-22(10-13-27-14-11-22)18-5-3-6-19(23)15-18/h3,5-6,15H,2,4,7-14,16-17H2,1H3,(H,24,25). The van der Waals surface area contributed by atoms with Gasteiger partial charge in [-0.25, -0.2) is 0 Å². The second-order valence-corrected chi connectivity index (χ2v) is 9.03. The molecule has 1 spiro atoms. The molecule has 3 aliphatic rings. The number of benzene rings is 1. The van der Waals surface area contributed by atoms with Crippen LogP contribution in [0.3, 0.4) is 0 Å². The summed E-state index contributed by atoms with van der Waals surface area (Å²) in [4.78, 5) is 7.65. The predicted octanol–water partition coefficient (Wildman–Crippen LogP) is 4.23. The van der Waals surface area contributed by atoms with Crippen molar-refractivity contribution in [3.8, 4) is 0 Å². The molecule has 5 heteroatoms. The zero-order valence-corrected chi connectivity index (χ0v) is 17.2. The van der Waals surface area contributed by atoms with Crippen molar-refractivity contribution < 1.29 is 4.74 Å². The van der Waals surface area contributed by atoms with Gasteiger partial charge in [0.25, 0.3) is 0 Å². The molecule has 1 aliphatic carbocycles. The minimum absolute atomic E-state index is 0.0255. The van der Waals surface area contributed by atoms with Crippen LogP contribution in [0.2, 0.25) is 5.02 Å². The Hall–Kier alpha value is -1.26. The second kappa shape index (κ2) is 8.00. The highest BCUT2D eigenvalue weighted by molar-refractivity contribution is 6.30. The summed E-state index contributed by atoms with van der Waals surface area (Å²) < 4.78 is 5.67. The van der Waals surface area contributed by atoms with E-state index in [0.29, 0.717) is 5.41 Å². The average Bonchev–Trinajstić information content (AvgIpc) is 3.12. The Morgan fingerprint density at radius 2 is 2.04 bits per heavy atom. The van der Waals surface area contributed by atoms with E-state index in [4.69, 9.17) is 21.3 Å². The van der Waals surface area contributed by atoms with Crippen LogP contribution >= 0.6 is 11.6 Å². The number of hydrogen-bond acceptors (Lipinski definition) is 2. The summed E-state index contributed by atoms with van der Waals surface area (Å²) >= 11 is 6.31. The molecule has 4 rings (SSSR count). The molecule has 1 aromatic carbocycles. The van der Waals surface area contributed by atoms with Crippen LogP contribution in [0.1, 0.15) is 51.0 Å². The Bertz CT molecular complexity index is 680. The van der Waals surface area contributed by atoms with Crippen molar-refractivity contribution in [1.29, 1.82) is 0 Å². The van der Waals surface area contributed by atoms with Crippen LogP contribution in [0.5, 0.6) is 0 Å². The van der Waals surface area contributed by atoms with E-state index >= 15 is 0 Å². The number of halogens is 1. The number of rotatable bonds is 4. The van der Waals surface area contributed by atoms with Gasteiger partial charge >= 0.3 is 0 Å². The van der Waals surface area contributed by atoms with E-state index in [1.165, 1.54) is 37.8 Å². The number of aliphatic imine (C=N–C) groups is 1. The van der Waals surface area contributed by atoms with Gasteiger partial charge in [-0.05, 0) is 62.1 Å². The summed E-state index contributed by atoms with van der Waals surface area (Å²) in [6.45, 7) is 7.77. The lowest BCUT2D eigenvalue weighted by molar-refractivity contribution is 0.0530. The Labute approximate surface area is 168 Å². The van der Waals surface area contributed by atoms with E-state index in [9.17, 15) is 0 Å². The Morgan fingerprint density at radius 3 is 2.67 bits per heavy atom. The first kappa shape index (κ1) is 19.1. The van der Waals surface area contributed by atoms with Crippen LogP contribution in [0.25, 0.3) is 0 Å². The molecule has 0 bridgehead atoms. The van der Waals surface area contributed by atoms with Crippen molar-refractivity contribution in [1.82, 2.24) is 10.2 Å². The van der Waals surface area contributed by atoms with Gasteiger partial charge in [0.15, 0.2) is 5.96 Å². The van der Waals surface area contributed by atoms with E-state index in [0.717, 1.165) is 56.7 Å². The zero-order valence-electron chi connectivity index (χ0n) is 16.5. The van der Waals surface area contributed by atoms with Crippen LogP contribution in [0, 0.1) is 5.41 Å². The summed E-state index contributed by atoms with van der Waals surface area (Å²) in [5.74, 6) is 1.09. The minimum atomic E-state index is 0.0255. The zero-order chi connectivity index (χ0) is 18.7. The van der Waals surface area contributed by atoms with Crippen molar-refractivity contribution in [3.63, 3.8) is 0 Å². The van der Waals surface area contributed by atoms with Crippen LogP contribution in [0.4, 0.5) is 0 Å². The van der Waals surface area contributed by atoms with Crippen LogP contribution in [-0.4, -0.2) is 50.3 Å². The molecule has 148 valence electrons. The number of ether oxygens (including phenoxy) is 1. The van der Waals surface area contributed by atoms with E-state index in [2.05, 4.69) is 35.3 Å². The van der Waals surface area contributed by atoms with Gasteiger partial charge in [-0.1, -0.05) is 30.2 Å². The Kier molecular flexibility index (Phi) is 5.65. The fourth-order valence-electron chi connectivity index (χ4n) is 4.97. The van der Waals surface area contributed by atoms with Crippen molar-refractivity contribution in [2.75, 3.05) is 39.4 Å². The van der Waals surface area contributed by atoms with Gasteiger partial charge in [0.1, 0.15) is 0 Å². The third-order valence-electron chi connectivity index (χ3n) is 6.91. The molecule has 0 unspecified atom stereocenters. The third-order valence-corrected chi connectivity index (χ3v) is 7.14. The third kappa shape index (κ3) is 3.97. The van der Waals surface area contributed by atoms with Gasteiger partial charge in [0, 0.05) is 43.3 Å². The summed E-state index contributed by atoms with van der Waals surface area (Å²) in [5, 5.41) is 4.35. The maximum atomic E-state index is 6.31. The largest absolute Gasteiger partial charge is 0.381 e. The van der Waals surface area contributed by atoms with Crippen LogP contribution in [-0.2, 0) is 10.2 Å². The molecule has 2 saturated heterocycles. The number of likely N-dealkylation sites (tertiary alicyclic amines) is 1. The van der Waals surface area contributed by atoms with Crippen molar-refractivity contribution in [2.24, 2.45) is 10.4 Å². The molecule has 1 saturated carbocycles. The predicted molar refractivity (Wildman–Crippen MR) is 112 cm³/mol. The van der Waals surface area contributed by atoms with Crippen molar-refractivity contribution in [2.45, 2.75) is 50.9 Å². The molecule has 0 aromatic heterocycles. The molecule has 2 aliphatic heterocycles. The van der Waals surface area contributed by atoms with Crippen molar-refractivity contribution in [3.05, 3.63) is 34.9 Å². The highest BCUT2D eigenvalue weighted by atomic mass is 35.5. The highest BCUT2D eigenvalue weighted by Gasteiger charge is 2.43. The fourth-order valence-corrected chi connectivity index (χ4v) is 5.16. The SMILES string of the molecule is CCNC(=NCC1(c2cccc(Cl)c2)CCOCC1)N1CCC2(CCC2)C1. The normalized spacial score (nSPS) is 24.1. The van der Waals surface area contributed by atoms with E-state index < -0.39 is 0 Å². The lowest BCUT2D eigenvalue weighted by atomic mass is 9.68. The average molecular weight is 390 g/mol. The summed E-state index contributed by atoms with van der Waals surface area (Å²) in [5.41, 5.74) is 1.91. The first-order valence-corrected chi connectivity index (χ1v) is 10.9. The molecular formula is C22H32ClN3O. The summed E-state index contributed by atoms with van der Waals surface area (Å²) in [6, 6.07) is 8.34. The first-order chi connectivity index (χ1) is 13.1. The maximum absolute atomic E-state index is 6.31. The van der Waals surface area contributed by atoms with Crippen LogP contribution in [0.15, 0.2) is 29.3 Å². The topological polar surface area (TPSA) is 36.9 Å². The van der Waals surface area contributed by atoms with Crippen LogP contribution < -0.4 is 5.32 Å². The quantitative estimate of drug-likeness (QED) is 0.618. The van der Waals surface area contributed by atoms with Gasteiger partial charge in [-0.15, -0.1) is 0 Å². The van der Waals surface area contributed by atoms with Gasteiger partial charge in [0.2, 0.25) is 0 Å². The molecular weight excluding hydrogens is 358 g/mol. The molecule has 4 nitrogen and oxygen atoms in total. The molecule has 0 atom stereocenters. The molecule has 1 aromatic rings. The number of nitrogens with zero attached hydrogens (tertiary/aromatic N) is 2. The maximum Gasteiger partial charge on any atom is 0.193 e. The second-order valence-electron chi connectivity index (χ2n) is 8.60. The van der Waals surface area contributed by atoms with Gasteiger partial charge in [-0.3, -0.25) is 4.99 Å². The van der Waals surface area contributed by atoms with Gasteiger partial charge in [0.05, 0.1) is 6.54 Å². The first-order valence-electron chi connectivity index (χ1n) is 10.5. The monoisotopic (exact) mass is 389 g/mol. The molecule has 0 radical (unpaired) electrons. The number of guanidine groups is 1. The van der Waals surface area contributed by atoms with Crippen molar-refractivity contribution >= 4 is 17.6 Å². The summed E-state index contributed by atoms with van der Waals surface area (Å²) in [6.07, 6.45) is 7.52. The van der Waals surface area contributed by atoms with Gasteiger partial charge in [-0.2, -0.15) is 0 Å². The molecule has 27 heavy (non-hydrogen) atoms. The summed E-state index contributed by atoms with van der Waals surface area (Å²) in [7, 11) is 0. The molecule has 1 N–H and O–H groups in total.